The van der Waals surface area contributed by atoms with Crippen molar-refractivity contribution in [3.8, 4) is 5.75 Å². The minimum atomic E-state index is -0.0936. The van der Waals surface area contributed by atoms with Crippen LogP contribution < -0.4 is 10.1 Å². The maximum absolute atomic E-state index is 12.3. The predicted molar refractivity (Wildman–Crippen MR) is 93.9 cm³/mol. The molecule has 23 heavy (non-hydrogen) atoms. The number of ether oxygens (including phenoxy) is 1. The van der Waals surface area contributed by atoms with Crippen LogP contribution in [0.3, 0.4) is 0 Å². The summed E-state index contributed by atoms with van der Waals surface area (Å²) in [5.74, 6) is 0.818. The van der Waals surface area contributed by atoms with E-state index < -0.39 is 0 Å². The van der Waals surface area contributed by atoms with Gasteiger partial charge in [-0.3, -0.25) is 4.79 Å². The van der Waals surface area contributed by atoms with Crippen molar-refractivity contribution in [2.45, 2.75) is 40.2 Å². The van der Waals surface area contributed by atoms with E-state index in [9.17, 15) is 4.79 Å². The zero-order valence-electron chi connectivity index (χ0n) is 14.6. The molecule has 2 aromatic carbocycles. The highest BCUT2D eigenvalue weighted by molar-refractivity contribution is 5.79. The lowest BCUT2D eigenvalue weighted by atomic mass is 10.0. The molecule has 0 aromatic heterocycles. The highest BCUT2D eigenvalue weighted by Gasteiger charge is 2.14. The van der Waals surface area contributed by atoms with Crippen LogP contribution >= 0.6 is 0 Å². The highest BCUT2D eigenvalue weighted by Crippen LogP contribution is 2.26. The minimum absolute atomic E-state index is 0.0179. The molecule has 2 rings (SSSR count). The Hall–Kier alpha value is -2.29. The summed E-state index contributed by atoms with van der Waals surface area (Å²) in [4.78, 5) is 12.3. The van der Waals surface area contributed by atoms with Crippen LogP contribution in [0.25, 0.3) is 0 Å². The van der Waals surface area contributed by atoms with E-state index in [2.05, 4.69) is 37.4 Å². The molecule has 1 N–H and O–H groups in total. The third-order valence-electron chi connectivity index (χ3n) is 4.17. The van der Waals surface area contributed by atoms with Crippen LogP contribution in [0.4, 0.5) is 0 Å². The van der Waals surface area contributed by atoms with Crippen LogP contribution in [0, 0.1) is 20.8 Å². The molecule has 0 heterocycles. The fourth-order valence-corrected chi connectivity index (χ4v) is 2.66. The van der Waals surface area contributed by atoms with E-state index in [1.54, 1.807) is 7.11 Å². The Balaban J connectivity index is 2.07. The van der Waals surface area contributed by atoms with Gasteiger partial charge in [0.15, 0.2) is 0 Å². The highest BCUT2D eigenvalue weighted by atomic mass is 16.5. The summed E-state index contributed by atoms with van der Waals surface area (Å²) < 4.78 is 5.40. The van der Waals surface area contributed by atoms with Gasteiger partial charge in [-0.2, -0.15) is 0 Å². The molecule has 0 fully saturated rings. The summed E-state index contributed by atoms with van der Waals surface area (Å²) >= 11 is 0. The molecule has 0 radical (unpaired) electrons. The average molecular weight is 311 g/mol. The first-order valence-corrected chi connectivity index (χ1v) is 7.90. The molecule has 0 aliphatic rings. The molecular formula is C20H25NO2. The third kappa shape index (κ3) is 4.35. The first-order valence-electron chi connectivity index (χ1n) is 7.90. The van der Waals surface area contributed by atoms with Crippen LogP contribution in [0.15, 0.2) is 36.4 Å². The lowest BCUT2D eigenvalue weighted by Crippen LogP contribution is -2.28. The van der Waals surface area contributed by atoms with Gasteiger partial charge < -0.3 is 10.1 Å². The van der Waals surface area contributed by atoms with Crippen molar-refractivity contribution in [3.63, 3.8) is 0 Å². The Labute approximate surface area is 138 Å². The fraction of sp³-hybridized carbons (Fsp3) is 0.350. The van der Waals surface area contributed by atoms with Gasteiger partial charge in [0.2, 0.25) is 5.91 Å². The van der Waals surface area contributed by atoms with Gasteiger partial charge in [-0.05, 0) is 50.5 Å². The number of nitrogens with one attached hydrogen (secondary N) is 1. The Bertz CT molecular complexity index is 707. The van der Waals surface area contributed by atoms with Gasteiger partial charge in [0.1, 0.15) is 5.75 Å². The minimum Gasteiger partial charge on any atom is -0.496 e. The van der Waals surface area contributed by atoms with E-state index in [0.29, 0.717) is 6.42 Å². The molecule has 0 aliphatic heterocycles. The van der Waals surface area contributed by atoms with Crippen molar-refractivity contribution in [1.29, 1.82) is 0 Å². The molecule has 2 aromatic rings. The zero-order chi connectivity index (χ0) is 17.0. The maximum Gasteiger partial charge on any atom is 0.224 e. The Morgan fingerprint density at radius 1 is 1.09 bits per heavy atom. The van der Waals surface area contributed by atoms with E-state index in [1.807, 2.05) is 32.0 Å². The molecule has 0 bridgehead atoms. The van der Waals surface area contributed by atoms with Crippen LogP contribution in [0.2, 0.25) is 0 Å². The van der Waals surface area contributed by atoms with E-state index >= 15 is 0 Å². The molecule has 1 amide bonds. The molecular weight excluding hydrogens is 286 g/mol. The first kappa shape index (κ1) is 17.1. The third-order valence-corrected chi connectivity index (χ3v) is 4.17. The van der Waals surface area contributed by atoms with Gasteiger partial charge in [-0.1, -0.05) is 35.9 Å². The number of rotatable bonds is 5. The quantitative estimate of drug-likeness (QED) is 0.905. The maximum atomic E-state index is 12.3. The van der Waals surface area contributed by atoms with E-state index in [-0.39, 0.29) is 11.9 Å². The molecule has 1 atom stereocenters. The zero-order valence-corrected chi connectivity index (χ0v) is 14.6. The van der Waals surface area contributed by atoms with Crippen molar-refractivity contribution in [1.82, 2.24) is 5.32 Å². The second-order valence-corrected chi connectivity index (χ2v) is 6.13. The van der Waals surface area contributed by atoms with Gasteiger partial charge in [0, 0.05) is 5.56 Å². The molecule has 0 unspecified atom stereocenters. The predicted octanol–water partition coefficient (Wildman–Crippen LogP) is 4.04. The van der Waals surface area contributed by atoms with Crippen molar-refractivity contribution in [3.05, 3.63) is 64.2 Å². The number of aryl methyl sites for hydroxylation is 3. The first-order chi connectivity index (χ1) is 10.9. The molecule has 0 saturated heterocycles. The monoisotopic (exact) mass is 311 g/mol. The van der Waals surface area contributed by atoms with E-state index in [4.69, 9.17) is 4.74 Å². The number of methoxy groups -OCH3 is 1. The SMILES string of the molecule is COc1ccc(C)cc1[C@@H](C)NC(=O)Cc1ccc(C)c(C)c1. The Morgan fingerprint density at radius 2 is 1.83 bits per heavy atom. The second kappa shape index (κ2) is 7.32. The van der Waals surface area contributed by atoms with Gasteiger partial charge in [0.05, 0.1) is 19.6 Å². The van der Waals surface area contributed by atoms with Crippen LogP contribution in [0.5, 0.6) is 5.75 Å². The van der Waals surface area contributed by atoms with Crippen molar-refractivity contribution in [2.24, 2.45) is 0 Å². The molecule has 122 valence electrons. The number of carbonyl (C=O) groups excluding carboxylic acids is 1. The van der Waals surface area contributed by atoms with Gasteiger partial charge in [-0.25, -0.2) is 0 Å². The van der Waals surface area contributed by atoms with Gasteiger partial charge in [-0.15, -0.1) is 0 Å². The standard InChI is InChI=1S/C20H25NO2/c1-13-6-9-19(23-5)18(10-13)16(4)21-20(22)12-17-8-7-14(2)15(3)11-17/h6-11,16H,12H2,1-5H3,(H,21,22)/t16-/m1/s1. The summed E-state index contributed by atoms with van der Waals surface area (Å²) in [6, 6.07) is 12.1. The number of hydrogen-bond donors (Lipinski definition) is 1. The fourth-order valence-electron chi connectivity index (χ4n) is 2.66. The number of benzene rings is 2. The normalized spacial score (nSPS) is 11.9. The van der Waals surface area contributed by atoms with Crippen molar-refractivity contribution in [2.75, 3.05) is 7.11 Å². The molecule has 0 saturated carbocycles. The summed E-state index contributed by atoms with van der Waals surface area (Å²) in [6.07, 6.45) is 0.388. The van der Waals surface area contributed by atoms with Crippen LogP contribution in [-0.4, -0.2) is 13.0 Å². The second-order valence-electron chi connectivity index (χ2n) is 6.13. The number of hydrogen-bond acceptors (Lipinski definition) is 2. The topological polar surface area (TPSA) is 38.3 Å². The van der Waals surface area contributed by atoms with Crippen molar-refractivity contribution >= 4 is 5.91 Å². The number of carbonyl (C=O) groups is 1. The van der Waals surface area contributed by atoms with Crippen LogP contribution in [-0.2, 0) is 11.2 Å². The van der Waals surface area contributed by atoms with Gasteiger partial charge >= 0.3 is 0 Å². The summed E-state index contributed by atoms with van der Waals surface area (Å²) in [5, 5.41) is 3.06. The van der Waals surface area contributed by atoms with Gasteiger partial charge in [0.25, 0.3) is 0 Å². The Kier molecular flexibility index (Phi) is 5.43. The molecule has 0 aliphatic carbocycles. The molecule has 0 spiro atoms. The molecule has 3 nitrogen and oxygen atoms in total. The lowest BCUT2D eigenvalue weighted by molar-refractivity contribution is -0.121. The van der Waals surface area contributed by atoms with Crippen molar-refractivity contribution < 1.29 is 9.53 Å². The number of amides is 1. The smallest absolute Gasteiger partial charge is 0.224 e. The van der Waals surface area contributed by atoms with E-state index in [0.717, 1.165) is 22.4 Å². The largest absolute Gasteiger partial charge is 0.496 e. The Morgan fingerprint density at radius 3 is 2.48 bits per heavy atom. The molecule has 3 heteroatoms. The van der Waals surface area contributed by atoms with Crippen LogP contribution in [0.1, 0.15) is 40.8 Å². The summed E-state index contributed by atoms with van der Waals surface area (Å²) in [7, 11) is 1.65. The average Bonchev–Trinajstić information content (AvgIpc) is 2.50. The summed E-state index contributed by atoms with van der Waals surface area (Å²) in [5.41, 5.74) is 5.64. The lowest BCUT2D eigenvalue weighted by Gasteiger charge is -2.18. The van der Waals surface area contributed by atoms with E-state index in [1.165, 1.54) is 11.1 Å². The summed E-state index contributed by atoms with van der Waals surface area (Å²) in [6.45, 7) is 8.16.